The first-order valence-corrected chi connectivity index (χ1v) is 8.36. The summed E-state index contributed by atoms with van der Waals surface area (Å²) >= 11 is 0. The van der Waals surface area contributed by atoms with E-state index in [1.54, 1.807) is 0 Å². The number of sulfone groups is 1. The third-order valence-electron chi connectivity index (χ3n) is 2.56. The number of nitrogens with one attached hydrogen (secondary N) is 1. The van der Waals surface area contributed by atoms with Crippen LogP contribution in [0.4, 0.5) is 4.39 Å². The molecule has 0 aliphatic heterocycles. The van der Waals surface area contributed by atoms with Crippen molar-refractivity contribution in [1.82, 2.24) is 5.32 Å². The Morgan fingerprint density at radius 1 is 1.38 bits per heavy atom. The number of nitrogens with zero attached hydrogens (tertiary/aromatic N) is 1. The molecule has 0 saturated heterocycles. The van der Waals surface area contributed by atoms with E-state index in [4.69, 9.17) is 5.73 Å². The largest absolute Gasteiger partial charge is 0.370 e. The van der Waals surface area contributed by atoms with Gasteiger partial charge in [-0.15, -0.1) is 24.0 Å². The van der Waals surface area contributed by atoms with Gasteiger partial charge in [0.15, 0.2) is 15.8 Å². The zero-order valence-electron chi connectivity index (χ0n) is 12.1. The number of halogens is 2. The molecule has 120 valence electrons. The van der Waals surface area contributed by atoms with Crippen LogP contribution in [0, 0.1) is 5.82 Å². The number of benzene rings is 1. The first-order valence-electron chi connectivity index (χ1n) is 6.30. The molecule has 8 heteroatoms. The summed E-state index contributed by atoms with van der Waals surface area (Å²) in [5, 5.41) is 2.90. The second-order valence-corrected chi connectivity index (χ2v) is 6.75. The van der Waals surface area contributed by atoms with E-state index in [9.17, 15) is 12.8 Å². The van der Waals surface area contributed by atoms with Gasteiger partial charge in [-0.2, -0.15) is 0 Å². The zero-order valence-corrected chi connectivity index (χ0v) is 15.2. The van der Waals surface area contributed by atoms with Crippen molar-refractivity contribution in [2.75, 3.05) is 12.8 Å². The van der Waals surface area contributed by atoms with Crippen molar-refractivity contribution in [3.63, 3.8) is 0 Å². The van der Waals surface area contributed by atoms with Crippen LogP contribution in [0.15, 0.2) is 23.2 Å². The van der Waals surface area contributed by atoms with Crippen molar-refractivity contribution in [3.05, 3.63) is 35.1 Å². The van der Waals surface area contributed by atoms with Crippen molar-refractivity contribution in [2.45, 2.75) is 25.6 Å². The Labute approximate surface area is 142 Å². The average Bonchev–Trinajstić information content (AvgIpc) is 2.35. The van der Waals surface area contributed by atoms with Crippen LogP contribution in [0.3, 0.4) is 0 Å². The quantitative estimate of drug-likeness (QED) is 0.411. The molecule has 0 aromatic heterocycles. The van der Waals surface area contributed by atoms with E-state index in [1.807, 2.05) is 6.92 Å². The maximum absolute atomic E-state index is 13.3. The maximum Gasteiger partial charge on any atom is 0.188 e. The number of hydrogen-bond acceptors (Lipinski definition) is 3. The Balaban J connectivity index is 0.00000400. The third kappa shape index (κ3) is 8.20. The van der Waals surface area contributed by atoms with Crippen molar-refractivity contribution >= 4 is 39.8 Å². The molecule has 0 saturated carbocycles. The lowest BCUT2D eigenvalue weighted by Gasteiger charge is -2.08. The van der Waals surface area contributed by atoms with E-state index in [0.717, 1.165) is 12.7 Å². The van der Waals surface area contributed by atoms with Gasteiger partial charge in [-0.3, -0.25) is 0 Å². The van der Waals surface area contributed by atoms with Crippen LogP contribution in [-0.2, 0) is 22.1 Å². The summed E-state index contributed by atoms with van der Waals surface area (Å²) in [6.07, 6.45) is 2.05. The molecular weight excluding hydrogens is 408 g/mol. The first-order chi connectivity index (χ1) is 9.31. The highest BCUT2D eigenvalue weighted by molar-refractivity contribution is 14.0. The molecule has 0 atom stereocenters. The summed E-state index contributed by atoms with van der Waals surface area (Å²) in [6, 6.07) is 4.00. The van der Waals surface area contributed by atoms with Gasteiger partial charge in [0.05, 0.1) is 12.3 Å². The predicted molar refractivity (Wildman–Crippen MR) is 94.0 cm³/mol. The lowest BCUT2D eigenvalue weighted by atomic mass is 10.1. The summed E-state index contributed by atoms with van der Waals surface area (Å²) in [5.74, 6) is -0.297. The lowest BCUT2D eigenvalue weighted by Crippen LogP contribution is -2.32. The molecule has 0 amide bonds. The SMILES string of the molecule is CCCNC(N)=NCc1cc(F)ccc1CS(C)(=O)=O.I. The highest BCUT2D eigenvalue weighted by atomic mass is 127. The van der Waals surface area contributed by atoms with E-state index in [-0.39, 0.29) is 42.2 Å². The number of guanidine groups is 1. The van der Waals surface area contributed by atoms with Crippen LogP contribution in [-0.4, -0.2) is 27.2 Å². The van der Waals surface area contributed by atoms with Crippen molar-refractivity contribution in [3.8, 4) is 0 Å². The van der Waals surface area contributed by atoms with Gasteiger partial charge in [0, 0.05) is 12.8 Å². The van der Waals surface area contributed by atoms with E-state index in [0.29, 0.717) is 17.7 Å². The molecule has 21 heavy (non-hydrogen) atoms. The standard InChI is InChI=1S/C13H20FN3O2S.HI/c1-3-6-16-13(15)17-8-11-7-12(14)5-4-10(11)9-20(2,18)19;/h4-5,7H,3,6,8-9H2,1-2H3,(H3,15,16,17);1H. The van der Waals surface area contributed by atoms with Crippen LogP contribution >= 0.6 is 24.0 Å². The van der Waals surface area contributed by atoms with Crippen molar-refractivity contribution < 1.29 is 12.8 Å². The molecule has 1 aromatic rings. The Hall–Kier alpha value is -0.900. The smallest absolute Gasteiger partial charge is 0.188 e. The monoisotopic (exact) mass is 429 g/mol. The molecule has 0 aliphatic carbocycles. The minimum Gasteiger partial charge on any atom is -0.370 e. The van der Waals surface area contributed by atoms with Gasteiger partial charge < -0.3 is 11.1 Å². The fourth-order valence-electron chi connectivity index (χ4n) is 1.64. The zero-order chi connectivity index (χ0) is 15.2. The van der Waals surface area contributed by atoms with Gasteiger partial charge in [0.1, 0.15) is 5.82 Å². The van der Waals surface area contributed by atoms with Gasteiger partial charge in [-0.1, -0.05) is 13.0 Å². The predicted octanol–water partition coefficient (Wildman–Crippen LogP) is 1.80. The van der Waals surface area contributed by atoms with E-state index in [1.165, 1.54) is 18.2 Å². The number of rotatable bonds is 6. The molecule has 0 fully saturated rings. The topological polar surface area (TPSA) is 84.5 Å². The minimum absolute atomic E-state index is 0. The van der Waals surface area contributed by atoms with Gasteiger partial charge in [0.2, 0.25) is 0 Å². The Kier molecular flexibility index (Phi) is 8.79. The molecule has 5 nitrogen and oxygen atoms in total. The summed E-state index contributed by atoms with van der Waals surface area (Å²) in [4.78, 5) is 4.09. The fourth-order valence-corrected chi connectivity index (χ4v) is 2.49. The van der Waals surface area contributed by atoms with E-state index >= 15 is 0 Å². The van der Waals surface area contributed by atoms with Crippen LogP contribution in [0.25, 0.3) is 0 Å². The highest BCUT2D eigenvalue weighted by Gasteiger charge is 2.10. The first kappa shape index (κ1) is 20.1. The molecule has 0 radical (unpaired) electrons. The fraction of sp³-hybridized carbons (Fsp3) is 0.462. The van der Waals surface area contributed by atoms with Gasteiger partial charge >= 0.3 is 0 Å². The van der Waals surface area contributed by atoms with Crippen LogP contribution in [0.5, 0.6) is 0 Å². The Morgan fingerprint density at radius 2 is 2.05 bits per heavy atom. The molecule has 0 unspecified atom stereocenters. The summed E-state index contributed by atoms with van der Waals surface area (Å²) in [5.41, 5.74) is 6.72. The van der Waals surface area contributed by atoms with E-state index in [2.05, 4.69) is 10.3 Å². The molecule has 1 aromatic carbocycles. The molecular formula is C13H21FIN3O2S. The van der Waals surface area contributed by atoms with Crippen molar-refractivity contribution in [2.24, 2.45) is 10.7 Å². The van der Waals surface area contributed by atoms with Gasteiger partial charge in [-0.25, -0.2) is 17.8 Å². The highest BCUT2D eigenvalue weighted by Crippen LogP contribution is 2.15. The molecule has 3 N–H and O–H groups in total. The number of nitrogens with two attached hydrogens (primary N) is 1. The Bertz CT molecular complexity index is 591. The van der Waals surface area contributed by atoms with Crippen LogP contribution in [0.2, 0.25) is 0 Å². The summed E-state index contributed by atoms with van der Waals surface area (Å²) in [7, 11) is -3.18. The average molecular weight is 429 g/mol. The minimum atomic E-state index is -3.18. The summed E-state index contributed by atoms with van der Waals surface area (Å²) in [6.45, 7) is 2.84. The molecule has 0 spiro atoms. The Morgan fingerprint density at radius 3 is 2.62 bits per heavy atom. The molecule has 0 heterocycles. The molecule has 1 rings (SSSR count). The second-order valence-electron chi connectivity index (χ2n) is 4.61. The van der Waals surface area contributed by atoms with Crippen LogP contribution in [0.1, 0.15) is 24.5 Å². The summed E-state index contributed by atoms with van der Waals surface area (Å²) < 4.78 is 36.0. The van der Waals surface area contributed by atoms with E-state index < -0.39 is 15.7 Å². The maximum atomic E-state index is 13.3. The van der Waals surface area contributed by atoms with Crippen molar-refractivity contribution in [1.29, 1.82) is 0 Å². The van der Waals surface area contributed by atoms with Crippen LogP contribution < -0.4 is 11.1 Å². The third-order valence-corrected chi connectivity index (χ3v) is 3.40. The molecule has 0 bridgehead atoms. The van der Waals surface area contributed by atoms with Gasteiger partial charge in [-0.05, 0) is 29.7 Å². The lowest BCUT2D eigenvalue weighted by molar-refractivity contribution is 0.600. The number of hydrogen-bond donors (Lipinski definition) is 2. The second kappa shape index (κ2) is 9.19. The van der Waals surface area contributed by atoms with Gasteiger partial charge in [0.25, 0.3) is 0 Å². The number of aliphatic imine (C=N–C) groups is 1. The normalized spacial score (nSPS) is 11.9. The molecule has 0 aliphatic rings.